The van der Waals surface area contributed by atoms with Crippen LogP contribution in [0.1, 0.15) is 16.2 Å². The number of aromatic nitrogens is 2. The molecule has 2 aromatic rings. The zero-order chi connectivity index (χ0) is 12.3. The number of carbonyl (C=O) groups excluding carboxylic acids is 1. The zero-order valence-electron chi connectivity index (χ0n) is 8.55. The van der Waals surface area contributed by atoms with Gasteiger partial charge < -0.3 is 14.9 Å². The first-order valence-electron chi connectivity index (χ1n) is 4.69. The van der Waals surface area contributed by atoms with Crippen LogP contribution in [0.3, 0.4) is 0 Å². The Morgan fingerprint density at radius 3 is 3.06 bits per heavy atom. The van der Waals surface area contributed by atoms with Crippen molar-refractivity contribution in [2.75, 3.05) is 0 Å². The number of hydrogen-bond acceptors (Lipinski definition) is 5. The second-order valence-corrected chi connectivity index (χ2v) is 3.19. The first-order valence-corrected chi connectivity index (χ1v) is 4.69. The summed E-state index contributed by atoms with van der Waals surface area (Å²) in [5.74, 6) is -1.23. The molecule has 0 bridgehead atoms. The van der Waals surface area contributed by atoms with Gasteiger partial charge in [0, 0.05) is 0 Å². The second-order valence-electron chi connectivity index (χ2n) is 3.19. The third-order valence-electron chi connectivity index (χ3n) is 2.02. The molecule has 2 N–H and O–H groups in total. The quantitative estimate of drug-likeness (QED) is 0.825. The highest BCUT2D eigenvalue weighted by Crippen LogP contribution is 2.17. The predicted molar refractivity (Wildman–Crippen MR) is 53.5 cm³/mol. The Bertz CT molecular complexity index is 528. The maximum absolute atomic E-state index is 12.9. The van der Waals surface area contributed by atoms with Crippen molar-refractivity contribution in [1.82, 2.24) is 15.5 Å². The predicted octanol–water partition coefficient (Wildman–Crippen LogP) is 0.844. The van der Waals surface area contributed by atoms with Crippen molar-refractivity contribution in [3.8, 4) is 5.75 Å². The Kier molecular flexibility index (Phi) is 2.99. The van der Waals surface area contributed by atoms with Crippen molar-refractivity contribution in [2.45, 2.75) is 6.54 Å². The molecule has 1 aromatic heterocycles. The molecule has 0 aliphatic heterocycles. The van der Waals surface area contributed by atoms with Crippen LogP contribution in [0.4, 0.5) is 4.39 Å². The van der Waals surface area contributed by atoms with Crippen molar-refractivity contribution in [1.29, 1.82) is 0 Å². The maximum Gasteiger partial charge on any atom is 0.255 e. The maximum atomic E-state index is 12.9. The topological polar surface area (TPSA) is 88.3 Å². The molecule has 0 radical (unpaired) electrons. The molecule has 88 valence electrons. The van der Waals surface area contributed by atoms with Crippen LogP contribution < -0.4 is 5.32 Å². The summed E-state index contributed by atoms with van der Waals surface area (Å²) in [5, 5.41) is 15.3. The number of benzene rings is 1. The van der Waals surface area contributed by atoms with E-state index >= 15 is 0 Å². The van der Waals surface area contributed by atoms with E-state index in [0.717, 1.165) is 24.6 Å². The van der Waals surface area contributed by atoms with E-state index in [1.54, 1.807) is 0 Å². The summed E-state index contributed by atoms with van der Waals surface area (Å²) in [6, 6.07) is 3.12. The Morgan fingerprint density at radius 2 is 2.35 bits per heavy atom. The van der Waals surface area contributed by atoms with Gasteiger partial charge in [-0.15, -0.1) is 0 Å². The van der Waals surface area contributed by atoms with Crippen molar-refractivity contribution < 1.29 is 18.8 Å². The molecule has 1 amide bonds. The number of phenols is 1. The van der Waals surface area contributed by atoms with E-state index in [2.05, 4.69) is 20.0 Å². The Labute approximate surface area is 95.1 Å². The van der Waals surface area contributed by atoms with Gasteiger partial charge in [-0.05, 0) is 18.2 Å². The molecular weight excluding hydrogens is 229 g/mol. The molecule has 0 aliphatic rings. The number of aromatic hydroxyl groups is 1. The molecule has 0 fully saturated rings. The van der Waals surface area contributed by atoms with Gasteiger partial charge in [0.1, 0.15) is 11.6 Å². The van der Waals surface area contributed by atoms with Gasteiger partial charge in [0.25, 0.3) is 5.91 Å². The lowest BCUT2D eigenvalue weighted by molar-refractivity contribution is 0.0946. The summed E-state index contributed by atoms with van der Waals surface area (Å²) in [6.45, 7) is 0.0330. The Morgan fingerprint density at radius 1 is 1.53 bits per heavy atom. The van der Waals surface area contributed by atoms with E-state index in [1.807, 2.05) is 0 Å². The lowest BCUT2D eigenvalue weighted by Crippen LogP contribution is -2.23. The third kappa shape index (κ3) is 2.57. The fourth-order valence-electron chi connectivity index (χ4n) is 1.21. The van der Waals surface area contributed by atoms with Crippen LogP contribution >= 0.6 is 0 Å². The van der Waals surface area contributed by atoms with Crippen molar-refractivity contribution in [2.24, 2.45) is 0 Å². The summed E-state index contributed by atoms with van der Waals surface area (Å²) in [4.78, 5) is 15.3. The minimum absolute atomic E-state index is 0.0330. The summed E-state index contributed by atoms with van der Waals surface area (Å²) in [5.41, 5.74) is -0.145. The lowest BCUT2D eigenvalue weighted by atomic mass is 10.2. The van der Waals surface area contributed by atoms with Gasteiger partial charge in [0.15, 0.2) is 5.82 Å². The van der Waals surface area contributed by atoms with Gasteiger partial charge in [-0.25, -0.2) is 4.39 Å². The smallest absolute Gasteiger partial charge is 0.255 e. The molecule has 0 atom stereocenters. The minimum atomic E-state index is -0.619. The largest absolute Gasteiger partial charge is 0.507 e. The number of phenolic OH excluding ortho intramolecular Hbond substituents is 1. The van der Waals surface area contributed by atoms with Crippen molar-refractivity contribution in [3.05, 3.63) is 41.8 Å². The summed E-state index contributed by atoms with van der Waals surface area (Å²) in [6.07, 6.45) is 1.13. The molecule has 0 spiro atoms. The molecule has 17 heavy (non-hydrogen) atoms. The van der Waals surface area contributed by atoms with Crippen LogP contribution in [-0.4, -0.2) is 21.2 Å². The molecule has 0 unspecified atom stereocenters. The van der Waals surface area contributed by atoms with Crippen LogP contribution in [0.15, 0.2) is 29.1 Å². The third-order valence-corrected chi connectivity index (χ3v) is 2.02. The van der Waals surface area contributed by atoms with Gasteiger partial charge in [-0.2, -0.15) is 4.98 Å². The van der Waals surface area contributed by atoms with E-state index in [9.17, 15) is 14.3 Å². The number of rotatable bonds is 3. The van der Waals surface area contributed by atoms with E-state index in [-0.39, 0.29) is 23.7 Å². The van der Waals surface area contributed by atoms with E-state index in [4.69, 9.17) is 0 Å². The highest BCUT2D eigenvalue weighted by atomic mass is 19.1. The van der Waals surface area contributed by atoms with Crippen molar-refractivity contribution in [3.63, 3.8) is 0 Å². The average molecular weight is 237 g/mol. The highest BCUT2D eigenvalue weighted by Gasteiger charge is 2.12. The van der Waals surface area contributed by atoms with Crippen LogP contribution in [0.2, 0.25) is 0 Å². The summed E-state index contributed by atoms with van der Waals surface area (Å²) in [7, 11) is 0. The first kappa shape index (κ1) is 11.1. The Hall–Kier alpha value is -2.44. The molecule has 7 heteroatoms. The fraction of sp³-hybridized carbons (Fsp3) is 0.100. The van der Waals surface area contributed by atoms with Crippen LogP contribution in [0.5, 0.6) is 5.75 Å². The molecular formula is C10H8FN3O3. The van der Waals surface area contributed by atoms with Gasteiger partial charge in [-0.1, -0.05) is 5.16 Å². The van der Waals surface area contributed by atoms with Crippen molar-refractivity contribution >= 4 is 5.91 Å². The molecule has 0 saturated heterocycles. The lowest BCUT2D eigenvalue weighted by Gasteiger charge is -2.04. The zero-order valence-corrected chi connectivity index (χ0v) is 8.55. The standard InChI is InChI=1S/C10H8FN3O3/c11-6-1-2-8(15)7(3-6)10(16)12-4-9-13-5-17-14-9/h1-3,5,15H,4H2,(H,12,16). The molecule has 6 nitrogen and oxygen atoms in total. The molecule has 1 heterocycles. The summed E-state index contributed by atoms with van der Waals surface area (Å²) < 4.78 is 17.4. The number of halogens is 1. The highest BCUT2D eigenvalue weighted by molar-refractivity contribution is 5.96. The number of nitrogens with one attached hydrogen (secondary N) is 1. The SMILES string of the molecule is O=C(NCc1ncon1)c1cc(F)ccc1O. The van der Waals surface area contributed by atoms with E-state index < -0.39 is 11.7 Å². The van der Waals surface area contributed by atoms with Gasteiger partial charge in [0.2, 0.25) is 6.39 Å². The summed E-state index contributed by atoms with van der Waals surface area (Å²) >= 11 is 0. The van der Waals surface area contributed by atoms with E-state index in [1.165, 1.54) is 0 Å². The fourth-order valence-corrected chi connectivity index (χ4v) is 1.21. The molecule has 2 rings (SSSR count). The minimum Gasteiger partial charge on any atom is -0.507 e. The number of hydrogen-bond donors (Lipinski definition) is 2. The van der Waals surface area contributed by atoms with Crippen LogP contribution in [0.25, 0.3) is 0 Å². The van der Waals surface area contributed by atoms with Gasteiger partial charge >= 0.3 is 0 Å². The number of nitrogens with zero attached hydrogens (tertiary/aromatic N) is 2. The molecule has 1 aromatic carbocycles. The first-order chi connectivity index (χ1) is 8.16. The van der Waals surface area contributed by atoms with Crippen LogP contribution in [0, 0.1) is 5.82 Å². The average Bonchev–Trinajstić information content (AvgIpc) is 2.82. The molecule has 0 saturated carbocycles. The Balaban J connectivity index is 2.07. The monoisotopic (exact) mass is 237 g/mol. The molecule has 0 aliphatic carbocycles. The number of amides is 1. The second kappa shape index (κ2) is 4.60. The normalized spacial score (nSPS) is 10.2. The number of carbonyl (C=O) groups is 1. The van der Waals surface area contributed by atoms with Crippen LogP contribution in [-0.2, 0) is 6.54 Å². The van der Waals surface area contributed by atoms with Gasteiger partial charge in [-0.3, -0.25) is 4.79 Å². The van der Waals surface area contributed by atoms with E-state index in [0.29, 0.717) is 0 Å². The van der Waals surface area contributed by atoms with Gasteiger partial charge in [0.05, 0.1) is 12.1 Å².